The van der Waals surface area contributed by atoms with Crippen molar-refractivity contribution in [3.05, 3.63) is 53.3 Å². The third kappa shape index (κ3) is 9.67. The van der Waals surface area contributed by atoms with Crippen molar-refractivity contribution in [3.63, 3.8) is 0 Å². The van der Waals surface area contributed by atoms with Gasteiger partial charge in [-0.1, -0.05) is 52.3 Å². The van der Waals surface area contributed by atoms with E-state index in [1.807, 2.05) is 5.01 Å². The maximum absolute atomic E-state index is 14.6. The molecule has 2 aromatic carbocycles. The fourth-order valence-corrected chi connectivity index (χ4v) is 8.32. The number of fused-ring (bicyclic) bond motifs is 14. The van der Waals surface area contributed by atoms with Crippen LogP contribution in [0, 0.1) is 30.6 Å². The van der Waals surface area contributed by atoms with Crippen molar-refractivity contribution in [1.82, 2.24) is 10.0 Å². The van der Waals surface area contributed by atoms with Gasteiger partial charge in [0.2, 0.25) is 0 Å². The number of aliphatic hydroxyl groups is 2. The Bertz CT molecular complexity index is 2090. The molecule has 61 heavy (non-hydrogen) atoms. The number of carbonyl (C=O) groups excluding carboxylic acids is 4. The first kappa shape index (κ1) is 46.9. The van der Waals surface area contributed by atoms with Gasteiger partial charge in [-0.15, -0.1) is 0 Å². The number of methoxy groups -OCH3 is 1. The lowest BCUT2D eigenvalue weighted by Gasteiger charge is -2.38. The zero-order valence-corrected chi connectivity index (χ0v) is 36.7. The van der Waals surface area contributed by atoms with Gasteiger partial charge in [-0.05, 0) is 32.8 Å². The number of hydrogen-bond donors (Lipinski definition) is 5. The van der Waals surface area contributed by atoms with Gasteiger partial charge in [-0.2, -0.15) is 0 Å². The summed E-state index contributed by atoms with van der Waals surface area (Å²) in [4.78, 5) is 54.0. The highest BCUT2D eigenvalue weighted by Crippen LogP contribution is 2.54. The van der Waals surface area contributed by atoms with E-state index in [1.54, 1.807) is 46.9 Å². The molecule has 5 bridgehead atoms. The van der Waals surface area contributed by atoms with Gasteiger partial charge in [0.1, 0.15) is 23.4 Å². The minimum Gasteiger partial charge on any atom is -0.507 e. The molecule has 4 aliphatic heterocycles. The third-order valence-corrected chi connectivity index (χ3v) is 12.3. The molecule has 334 valence electrons. The number of amides is 2. The van der Waals surface area contributed by atoms with Gasteiger partial charge in [0.15, 0.2) is 12.4 Å². The molecule has 16 nitrogen and oxygen atoms in total. The smallest absolute Gasteiger partial charge is 0.312 e. The van der Waals surface area contributed by atoms with Crippen molar-refractivity contribution in [2.24, 2.45) is 23.7 Å². The number of Topliss-reactive ketones (excluding diaryl/α,β-unsaturated/α-hetero) is 1. The summed E-state index contributed by atoms with van der Waals surface area (Å²) in [5.41, 5.74) is -0.00267. The molecule has 6 rings (SSSR count). The number of hydrogen-bond acceptors (Lipinski definition) is 14. The highest BCUT2D eigenvalue weighted by atomic mass is 16.7. The second-order valence-corrected chi connectivity index (χ2v) is 16.6. The van der Waals surface area contributed by atoms with Gasteiger partial charge < -0.3 is 49.4 Å². The molecule has 4 heterocycles. The predicted molar refractivity (Wildman–Crippen MR) is 226 cm³/mol. The molecule has 0 aromatic heterocycles. The van der Waals surface area contributed by atoms with Gasteiger partial charge in [-0.3, -0.25) is 24.2 Å². The molecule has 0 saturated carbocycles. The number of nitrogens with zero attached hydrogens (tertiary/aromatic N) is 2. The second kappa shape index (κ2) is 19.3. The molecule has 1 fully saturated rings. The number of aromatic hydroxyl groups is 2. The van der Waals surface area contributed by atoms with Crippen molar-refractivity contribution >= 4 is 40.0 Å². The Morgan fingerprint density at radius 1 is 0.967 bits per heavy atom. The van der Waals surface area contributed by atoms with E-state index in [2.05, 4.69) is 5.32 Å². The van der Waals surface area contributed by atoms with Gasteiger partial charge in [0.05, 0.1) is 41.2 Å². The first-order valence-electron chi connectivity index (χ1n) is 20.7. The summed E-state index contributed by atoms with van der Waals surface area (Å²) < 4.78 is 29.9. The first-order valence-corrected chi connectivity index (χ1v) is 20.7. The van der Waals surface area contributed by atoms with Crippen LogP contribution < -0.4 is 14.8 Å². The Balaban J connectivity index is 1.65. The van der Waals surface area contributed by atoms with E-state index in [0.29, 0.717) is 13.1 Å². The Morgan fingerprint density at radius 3 is 2.28 bits per heavy atom. The summed E-state index contributed by atoms with van der Waals surface area (Å²) in [5.74, 6) is -8.05. The van der Waals surface area contributed by atoms with Crippen LogP contribution in [-0.2, 0) is 28.6 Å². The molecular weight excluding hydrogens is 791 g/mol. The third-order valence-electron chi connectivity index (χ3n) is 12.3. The molecular formula is C45H61N3O13. The van der Waals surface area contributed by atoms with Crippen LogP contribution in [0.15, 0.2) is 42.2 Å². The lowest BCUT2D eigenvalue weighted by molar-refractivity contribution is -0.160. The van der Waals surface area contributed by atoms with Crippen molar-refractivity contribution in [3.8, 4) is 23.0 Å². The Kier molecular flexibility index (Phi) is 14.8. The van der Waals surface area contributed by atoms with Crippen LogP contribution in [0.25, 0.3) is 10.8 Å². The average molecular weight is 852 g/mol. The fraction of sp³-hybridized carbons (Fsp3) is 0.556. The summed E-state index contributed by atoms with van der Waals surface area (Å²) in [6, 6.07) is 1.28. The second-order valence-electron chi connectivity index (χ2n) is 16.6. The number of carbonyl (C=O) groups is 4. The number of piperidine rings is 1. The largest absolute Gasteiger partial charge is 0.507 e. The zero-order valence-electron chi connectivity index (χ0n) is 36.7. The Hall–Kier alpha value is -5.16. The van der Waals surface area contributed by atoms with Crippen LogP contribution in [0.5, 0.6) is 23.0 Å². The molecule has 0 radical (unpaired) electrons. The number of allylic oxidation sites excluding steroid dienone is 2. The van der Waals surface area contributed by atoms with Crippen molar-refractivity contribution in [2.75, 3.05) is 39.2 Å². The number of aliphatic hydroxyl groups excluding tert-OH is 2. The van der Waals surface area contributed by atoms with Gasteiger partial charge in [0.25, 0.3) is 17.6 Å². The molecule has 0 aliphatic carbocycles. The maximum atomic E-state index is 14.6. The van der Waals surface area contributed by atoms with E-state index in [1.165, 1.54) is 64.3 Å². The van der Waals surface area contributed by atoms with Crippen molar-refractivity contribution < 1.29 is 63.3 Å². The van der Waals surface area contributed by atoms with Crippen LogP contribution in [0.4, 0.5) is 5.69 Å². The Morgan fingerprint density at radius 2 is 1.64 bits per heavy atom. The minimum atomic E-state index is -2.03. The summed E-state index contributed by atoms with van der Waals surface area (Å²) >= 11 is 0. The van der Waals surface area contributed by atoms with E-state index in [9.17, 15) is 39.6 Å². The normalized spacial score (nSPS) is 31.0. The number of esters is 1. The quantitative estimate of drug-likeness (QED) is 0.185. The number of likely N-dealkylation sites (N-methyl/N-ethyl adjacent to an activating group) is 1. The fourth-order valence-electron chi connectivity index (χ4n) is 8.32. The molecule has 2 aromatic rings. The standard InChI is InChI=1S/C45H61N3O13/c1-23-15-14-16-24(2)44(56)46-30-21-32(58-22-33(50)47(9)48-18-12-11-13-19-48)34-35(40(30)54)39(53)28(6)42-36(34)43(55)45(8,61-42)59-20-17-31(57-10)25(3)41(60-29(7)49)27(5)38(52)26(4)37(23)51/h14-17,20-21,23,25-27,31,37-38,41,51-54H,11-13,18-19,22H2,1-10H3,(H,46,56)/b15-14+,20-17+,24-16-/t23-,25-,26-,27-,31+,37-,38+,41-,45+/m1/s1. The number of rotatable bonds is 6. The van der Waals surface area contributed by atoms with Crippen LogP contribution in [0.3, 0.4) is 0 Å². The minimum absolute atomic E-state index is 0.0558. The topological polar surface area (TPSA) is 214 Å². The van der Waals surface area contributed by atoms with Crippen LogP contribution in [-0.4, -0.2) is 118 Å². The van der Waals surface area contributed by atoms with Crippen LogP contribution >= 0.6 is 0 Å². The van der Waals surface area contributed by atoms with Crippen LogP contribution in [0.1, 0.15) is 83.7 Å². The average Bonchev–Trinajstić information content (AvgIpc) is 3.50. The molecule has 2 amide bonds. The number of hydrazine groups is 1. The number of phenolic OH excluding ortho intramolecular Hbond substituents is 2. The summed E-state index contributed by atoms with van der Waals surface area (Å²) in [7, 11) is 3.08. The molecule has 0 unspecified atom stereocenters. The van der Waals surface area contributed by atoms with Crippen molar-refractivity contribution in [2.45, 2.75) is 105 Å². The van der Waals surface area contributed by atoms with E-state index in [4.69, 9.17) is 23.7 Å². The van der Waals surface area contributed by atoms with E-state index in [-0.39, 0.29) is 44.7 Å². The number of nitrogens with one attached hydrogen (secondary N) is 1. The maximum Gasteiger partial charge on any atom is 0.312 e. The first-order chi connectivity index (χ1) is 28.7. The number of benzene rings is 2. The lowest BCUT2D eigenvalue weighted by Crippen LogP contribution is -2.48. The van der Waals surface area contributed by atoms with Gasteiger partial charge in [-0.25, -0.2) is 5.01 Å². The molecule has 9 atom stereocenters. The molecule has 4 aliphatic rings. The molecule has 1 saturated heterocycles. The van der Waals surface area contributed by atoms with E-state index < -0.39 is 95.5 Å². The summed E-state index contributed by atoms with van der Waals surface area (Å²) in [6.45, 7) is 13.5. The SMILES string of the molecule is CO[C@H]1/C=C/O[C@@]2(C)Oc3c(C)c(O)c4c(O)c(cc(OCC(=O)N(C)N5CCCCC5)c4c3C2=O)NC(=O)/C(C)=C\C=C\[C@@H](C)[C@@H](O)[C@@H](C)[C@H](O)[C@@H](C)[C@H](OC(C)=O)[C@@H]1C. The van der Waals surface area contributed by atoms with Crippen molar-refractivity contribution in [1.29, 1.82) is 0 Å². The van der Waals surface area contributed by atoms with Crippen LogP contribution in [0.2, 0.25) is 0 Å². The molecule has 0 spiro atoms. The zero-order chi connectivity index (χ0) is 45.1. The highest BCUT2D eigenvalue weighted by molar-refractivity contribution is 6.21. The van der Waals surface area contributed by atoms with Gasteiger partial charge >= 0.3 is 11.8 Å². The Labute approximate surface area is 356 Å². The van der Waals surface area contributed by atoms with Gasteiger partial charge in [0, 0.05) is 87.4 Å². The van der Waals surface area contributed by atoms with E-state index in [0.717, 1.165) is 19.3 Å². The highest BCUT2D eigenvalue weighted by Gasteiger charge is 2.50. The summed E-state index contributed by atoms with van der Waals surface area (Å²) in [6.07, 6.45) is 6.54. The number of phenols is 2. The monoisotopic (exact) mass is 851 g/mol. The number of ether oxygens (including phenoxy) is 5. The lowest BCUT2D eigenvalue weighted by atomic mass is 9.78. The number of ketones is 1. The summed E-state index contributed by atoms with van der Waals surface area (Å²) in [5, 5.41) is 52.0. The molecule has 5 N–H and O–H groups in total. The van der Waals surface area contributed by atoms with E-state index >= 15 is 0 Å². The predicted octanol–water partition coefficient (Wildman–Crippen LogP) is 5.29. The molecule has 16 heteroatoms. The number of anilines is 1.